The van der Waals surface area contributed by atoms with Gasteiger partial charge in [-0.05, 0) is 6.92 Å². The number of carbonyl (C=O) groups is 1. The van der Waals surface area contributed by atoms with E-state index in [4.69, 9.17) is 5.11 Å². The first kappa shape index (κ1) is 7.02. The Morgan fingerprint density at radius 1 is 1.78 bits per heavy atom. The van der Waals surface area contributed by atoms with Gasteiger partial charge >= 0.3 is 5.97 Å². The molecule has 0 amide bonds. The maximum absolute atomic E-state index is 10.6. The normalized spacial score (nSPS) is 43.0. The minimum atomic E-state index is -0.697. The highest BCUT2D eigenvalue weighted by Gasteiger charge is 2.39. The Morgan fingerprint density at radius 2 is 2.33 bits per heavy atom. The number of esters is 1. The molecule has 0 aromatic heterocycles. The summed E-state index contributed by atoms with van der Waals surface area (Å²) < 4.78 is 4.65. The first-order valence-corrected chi connectivity index (χ1v) is 3.57. The third-order valence-electron chi connectivity index (χ3n) is 1.31. The summed E-state index contributed by atoms with van der Waals surface area (Å²) >= 11 is 2.98. The molecular formula is C5H7BrO3. The molecule has 1 rings (SSSR count). The summed E-state index contributed by atoms with van der Waals surface area (Å²) in [6.07, 6.45) is -1.07. The molecule has 0 aliphatic carbocycles. The summed E-state index contributed by atoms with van der Waals surface area (Å²) in [5, 5.41) is 9.04. The SMILES string of the molecule is CC1OC(=O)C(Br)C1O. The quantitative estimate of drug-likeness (QED) is 0.439. The van der Waals surface area contributed by atoms with Crippen molar-refractivity contribution in [2.24, 2.45) is 0 Å². The molecule has 1 aliphatic heterocycles. The minimum Gasteiger partial charge on any atom is -0.459 e. The molecule has 1 N–H and O–H groups in total. The molecule has 1 fully saturated rings. The van der Waals surface area contributed by atoms with Crippen molar-refractivity contribution < 1.29 is 14.6 Å². The van der Waals surface area contributed by atoms with Gasteiger partial charge in [-0.1, -0.05) is 15.9 Å². The molecule has 3 unspecified atom stereocenters. The van der Waals surface area contributed by atoms with Crippen LogP contribution in [0.3, 0.4) is 0 Å². The summed E-state index contributed by atoms with van der Waals surface area (Å²) in [5.41, 5.74) is 0. The number of alkyl halides is 1. The number of aliphatic hydroxyl groups is 1. The van der Waals surface area contributed by atoms with Gasteiger partial charge in [0.15, 0.2) is 0 Å². The van der Waals surface area contributed by atoms with Crippen LogP contribution in [0.4, 0.5) is 0 Å². The average Bonchev–Trinajstić information content (AvgIpc) is 1.98. The van der Waals surface area contributed by atoms with Crippen LogP contribution in [-0.2, 0) is 9.53 Å². The van der Waals surface area contributed by atoms with Crippen molar-refractivity contribution in [3.8, 4) is 0 Å². The van der Waals surface area contributed by atoms with Crippen LogP contribution in [-0.4, -0.2) is 28.1 Å². The van der Waals surface area contributed by atoms with E-state index < -0.39 is 10.9 Å². The second-order valence-electron chi connectivity index (χ2n) is 2.03. The second-order valence-corrected chi connectivity index (χ2v) is 3.02. The predicted octanol–water partition coefficient (Wildman–Crippen LogP) is 0.0561. The Kier molecular flexibility index (Phi) is 1.77. The molecule has 1 aliphatic rings. The molecule has 0 spiro atoms. The number of hydrogen-bond donors (Lipinski definition) is 1. The third kappa shape index (κ3) is 1.09. The third-order valence-corrected chi connectivity index (χ3v) is 2.22. The lowest BCUT2D eigenvalue weighted by Crippen LogP contribution is -2.24. The fourth-order valence-corrected chi connectivity index (χ4v) is 1.23. The maximum Gasteiger partial charge on any atom is 0.322 e. The van der Waals surface area contributed by atoms with E-state index in [2.05, 4.69) is 20.7 Å². The molecular weight excluding hydrogens is 188 g/mol. The van der Waals surface area contributed by atoms with Gasteiger partial charge in [0.1, 0.15) is 17.0 Å². The Bertz CT molecular complexity index is 136. The fraction of sp³-hybridized carbons (Fsp3) is 0.800. The van der Waals surface area contributed by atoms with Crippen molar-refractivity contribution in [3.05, 3.63) is 0 Å². The van der Waals surface area contributed by atoms with E-state index in [1.807, 2.05) is 0 Å². The number of carbonyl (C=O) groups excluding carboxylic acids is 1. The van der Waals surface area contributed by atoms with Crippen molar-refractivity contribution in [1.82, 2.24) is 0 Å². The van der Waals surface area contributed by atoms with Crippen LogP contribution in [0.15, 0.2) is 0 Å². The number of cyclic esters (lactones) is 1. The Balaban J connectivity index is 2.65. The summed E-state index contributed by atoms with van der Waals surface area (Å²) in [6.45, 7) is 1.66. The highest BCUT2D eigenvalue weighted by molar-refractivity contribution is 9.10. The van der Waals surface area contributed by atoms with E-state index in [0.717, 1.165) is 0 Å². The van der Waals surface area contributed by atoms with Gasteiger partial charge in [-0.15, -0.1) is 0 Å². The molecule has 3 atom stereocenters. The molecule has 4 heteroatoms. The van der Waals surface area contributed by atoms with Gasteiger partial charge < -0.3 is 9.84 Å². The van der Waals surface area contributed by atoms with Crippen LogP contribution in [0, 0.1) is 0 Å². The van der Waals surface area contributed by atoms with Gasteiger partial charge in [-0.25, -0.2) is 0 Å². The molecule has 0 aromatic rings. The zero-order valence-electron chi connectivity index (χ0n) is 4.87. The first-order valence-electron chi connectivity index (χ1n) is 2.65. The molecule has 1 heterocycles. The van der Waals surface area contributed by atoms with Gasteiger partial charge in [0.25, 0.3) is 0 Å². The van der Waals surface area contributed by atoms with Gasteiger partial charge in [-0.2, -0.15) is 0 Å². The highest BCUT2D eigenvalue weighted by atomic mass is 79.9. The van der Waals surface area contributed by atoms with Crippen LogP contribution in [0.5, 0.6) is 0 Å². The van der Waals surface area contributed by atoms with Gasteiger partial charge in [-0.3, -0.25) is 4.79 Å². The van der Waals surface area contributed by atoms with Crippen molar-refractivity contribution in [1.29, 1.82) is 0 Å². The van der Waals surface area contributed by atoms with E-state index in [1.165, 1.54) is 0 Å². The molecule has 9 heavy (non-hydrogen) atoms. The zero-order chi connectivity index (χ0) is 7.02. The maximum atomic E-state index is 10.6. The molecule has 0 aromatic carbocycles. The fourth-order valence-electron chi connectivity index (χ4n) is 0.695. The summed E-state index contributed by atoms with van der Waals surface area (Å²) in [6, 6.07) is 0. The Labute approximate surface area is 61.1 Å². The number of ether oxygens (including phenoxy) is 1. The average molecular weight is 195 g/mol. The van der Waals surface area contributed by atoms with Gasteiger partial charge in [0.2, 0.25) is 0 Å². The van der Waals surface area contributed by atoms with E-state index in [9.17, 15) is 4.79 Å². The first-order chi connectivity index (χ1) is 4.13. The van der Waals surface area contributed by atoms with Crippen molar-refractivity contribution in [2.75, 3.05) is 0 Å². The number of rotatable bonds is 0. The molecule has 52 valence electrons. The lowest BCUT2D eigenvalue weighted by molar-refractivity contribution is -0.140. The van der Waals surface area contributed by atoms with Crippen molar-refractivity contribution in [3.63, 3.8) is 0 Å². The van der Waals surface area contributed by atoms with E-state index in [0.29, 0.717) is 0 Å². The summed E-state index contributed by atoms with van der Waals surface area (Å²) in [5.74, 6) is -0.380. The molecule has 0 bridgehead atoms. The van der Waals surface area contributed by atoms with Crippen LogP contribution >= 0.6 is 15.9 Å². The van der Waals surface area contributed by atoms with Crippen LogP contribution in [0.1, 0.15) is 6.92 Å². The second kappa shape index (κ2) is 2.27. The zero-order valence-corrected chi connectivity index (χ0v) is 6.46. The smallest absolute Gasteiger partial charge is 0.322 e. The number of aliphatic hydroxyl groups excluding tert-OH is 1. The minimum absolute atomic E-state index is 0.373. The molecule has 1 saturated heterocycles. The van der Waals surface area contributed by atoms with E-state index in [-0.39, 0.29) is 12.1 Å². The standard InChI is InChI=1S/C5H7BrO3/c1-2-4(7)3(6)5(8)9-2/h2-4,7H,1H3. The Hall–Kier alpha value is -0.0900. The topological polar surface area (TPSA) is 46.5 Å². The van der Waals surface area contributed by atoms with Crippen LogP contribution in [0.25, 0.3) is 0 Å². The highest BCUT2D eigenvalue weighted by Crippen LogP contribution is 2.21. The Morgan fingerprint density at radius 3 is 2.44 bits per heavy atom. The molecule has 0 radical (unpaired) electrons. The summed E-state index contributed by atoms with van der Waals surface area (Å²) in [7, 11) is 0. The lowest BCUT2D eigenvalue weighted by Gasteiger charge is -2.04. The molecule has 3 nitrogen and oxygen atoms in total. The van der Waals surface area contributed by atoms with Crippen molar-refractivity contribution in [2.45, 2.75) is 24.0 Å². The van der Waals surface area contributed by atoms with Crippen LogP contribution < -0.4 is 0 Å². The lowest BCUT2D eigenvalue weighted by atomic mass is 10.2. The predicted molar refractivity (Wildman–Crippen MR) is 34.3 cm³/mol. The van der Waals surface area contributed by atoms with Crippen LogP contribution in [0.2, 0.25) is 0 Å². The largest absolute Gasteiger partial charge is 0.459 e. The van der Waals surface area contributed by atoms with Gasteiger partial charge in [0, 0.05) is 0 Å². The number of hydrogen-bond acceptors (Lipinski definition) is 3. The summed E-state index contributed by atoms with van der Waals surface area (Å²) in [4.78, 5) is 10.0. The van der Waals surface area contributed by atoms with E-state index in [1.54, 1.807) is 6.92 Å². The van der Waals surface area contributed by atoms with E-state index >= 15 is 0 Å². The van der Waals surface area contributed by atoms with Gasteiger partial charge in [0.05, 0.1) is 0 Å². The van der Waals surface area contributed by atoms with Crippen molar-refractivity contribution >= 4 is 21.9 Å². The monoisotopic (exact) mass is 194 g/mol. The number of halogens is 1. The molecule has 0 saturated carbocycles.